The molecule has 116 valence electrons. The molecular weight excluding hydrogens is 258 g/mol. The third kappa shape index (κ3) is 3.16. The fourth-order valence-electron chi connectivity index (χ4n) is 2.90. The van der Waals surface area contributed by atoms with Crippen LogP contribution in [-0.2, 0) is 5.41 Å². The van der Waals surface area contributed by atoms with Crippen LogP contribution in [0.4, 0.5) is 0 Å². The zero-order valence-electron chi connectivity index (χ0n) is 14.6. The first kappa shape index (κ1) is 16.1. The molecule has 0 fully saturated rings. The number of hydrogen-bond acceptors (Lipinski definition) is 2. The van der Waals surface area contributed by atoms with Crippen molar-refractivity contribution in [2.24, 2.45) is 0 Å². The second kappa shape index (κ2) is 5.84. The Bertz CT molecular complexity index is 631. The lowest BCUT2D eigenvalue weighted by Crippen LogP contribution is -2.19. The van der Waals surface area contributed by atoms with E-state index >= 15 is 0 Å². The summed E-state index contributed by atoms with van der Waals surface area (Å²) >= 11 is 0. The number of benzene rings is 1. The van der Waals surface area contributed by atoms with Gasteiger partial charge >= 0.3 is 0 Å². The van der Waals surface area contributed by atoms with Gasteiger partial charge in [-0.15, -0.1) is 0 Å². The highest BCUT2D eigenvalue weighted by Crippen LogP contribution is 2.37. The summed E-state index contributed by atoms with van der Waals surface area (Å²) in [6.07, 6.45) is 1.13. The lowest BCUT2D eigenvalue weighted by atomic mass is 9.85. The standard InChI is InChI=1S/C19H29NO/c1-8-9-20-14(4)17-13(3)15-10-12(2)11-16(18(15)21-17)19(5,6)7/h10-11,14,20H,8-9H2,1-7H3. The molecule has 0 spiro atoms. The Hall–Kier alpha value is -1.28. The summed E-state index contributed by atoms with van der Waals surface area (Å²) in [5, 5.41) is 4.79. The zero-order chi connectivity index (χ0) is 15.8. The van der Waals surface area contributed by atoms with Crippen LogP contribution in [0.2, 0.25) is 0 Å². The van der Waals surface area contributed by atoms with Gasteiger partial charge in [-0.1, -0.05) is 33.8 Å². The van der Waals surface area contributed by atoms with Crippen molar-refractivity contribution in [2.75, 3.05) is 6.54 Å². The van der Waals surface area contributed by atoms with Crippen molar-refractivity contribution in [3.05, 3.63) is 34.6 Å². The molecule has 1 N–H and O–H groups in total. The largest absolute Gasteiger partial charge is 0.459 e. The van der Waals surface area contributed by atoms with Gasteiger partial charge in [0.15, 0.2) is 0 Å². The average Bonchev–Trinajstić information content (AvgIpc) is 2.72. The third-order valence-electron chi connectivity index (χ3n) is 4.12. The molecule has 0 amide bonds. The molecule has 2 aromatic rings. The maximum absolute atomic E-state index is 6.31. The van der Waals surface area contributed by atoms with Crippen LogP contribution in [0, 0.1) is 13.8 Å². The molecule has 1 heterocycles. The first-order chi connectivity index (χ1) is 9.75. The van der Waals surface area contributed by atoms with Gasteiger partial charge in [-0.3, -0.25) is 0 Å². The van der Waals surface area contributed by atoms with Crippen LogP contribution in [-0.4, -0.2) is 6.54 Å². The van der Waals surface area contributed by atoms with Crippen molar-refractivity contribution in [2.45, 2.75) is 66.3 Å². The highest BCUT2D eigenvalue weighted by Gasteiger charge is 2.23. The van der Waals surface area contributed by atoms with Gasteiger partial charge in [0.1, 0.15) is 11.3 Å². The van der Waals surface area contributed by atoms with Gasteiger partial charge in [-0.25, -0.2) is 0 Å². The molecule has 0 aliphatic heterocycles. The maximum atomic E-state index is 6.31. The van der Waals surface area contributed by atoms with E-state index in [1.165, 1.54) is 22.1 Å². The van der Waals surface area contributed by atoms with E-state index in [2.05, 4.69) is 65.9 Å². The highest BCUT2D eigenvalue weighted by molar-refractivity contribution is 5.86. The van der Waals surface area contributed by atoms with E-state index in [-0.39, 0.29) is 11.5 Å². The summed E-state index contributed by atoms with van der Waals surface area (Å²) in [4.78, 5) is 0. The fourth-order valence-corrected chi connectivity index (χ4v) is 2.90. The molecule has 1 atom stereocenters. The van der Waals surface area contributed by atoms with E-state index in [0.717, 1.165) is 24.3 Å². The van der Waals surface area contributed by atoms with E-state index in [4.69, 9.17) is 4.42 Å². The molecule has 2 nitrogen and oxygen atoms in total. The summed E-state index contributed by atoms with van der Waals surface area (Å²) in [5.74, 6) is 1.08. The number of rotatable bonds is 4. The predicted octanol–water partition coefficient (Wildman–Crippen LogP) is 5.41. The van der Waals surface area contributed by atoms with E-state index in [1.807, 2.05) is 0 Å². The molecule has 2 rings (SSSR count). The van der Waals surface area contributed by atoms with Gasteiger partial charge in [0, 0.05) is 10.9 Å². The third-order valence-corrected chi connectivity index (χ3v) is 4.12. The minimum Gasteiger partial charge on any atom is -0.459 e. The topological polar surface area (TPSA) is 25.2 Å². The van der Waals surface area contributed by atoms with Crippen molar-refractivity contribution in [3.63, 3.8) is 0 Å². The Balaban J connectivity index is 2.59. The van der Waals surface area contributed by atoms with Crippen LogP contribution in [0.3, 0.4) is 0 Å². The van der Waals surface area contributed by atoms with Crippen LogP contribution in [0.15, 0.2) is 16.5 Å². The Morgan fingerprint density at radius 1 is 1.19 bits per heavy atom. The molecule has 0 aliphatic carbocycles. The second-order valence-corrected chi connectivity index (χ2v) is 7.21. The molecule has 2 heteroatoms. The maximum Gasteiger partial charge on any atom is 0.138 e. The van der Waals surface area contributed by atoms with Gasteiger partial charge in [0.2, 0.25) is 0 Å². The lowest BCUT2D eigenvalue weighted by molar-refractivity contribution is 0.443. The van der Waals surface area contributed by atoms with Crippen LogP contribution in [0.25, 0.3) is 11.0 Å². The van der Waals surface area contributed by atoms with Gasteiger partial charge in [0.25, 0.3) is 0 Å². The number of fused-ring (bicyclic) bond motifs is 1. The van der Waals surface area contributed by atoms with E-state index in [0.29, 0.717) is 0 Å². The molecule has 0 saturated heterocycles. The van der Waals surface area contributed by atoms with E-state index < -0.39 is 0 Å². The van der Waals surface area contributed by atoms with Gasteiger partial charge < -0.3 is 9.73 Å². The predicted molar refractivity (Wildman–Crippen MR) is 91.1 cm³/mol. The minimum absolute atomic E-state index is 0.0892. The first-order valence-corrected chi connectivity index (χ1v) is 8.03. The van der Waals surface area contributed by atoms with Gasteiger partial charge in [-0.2, -0.15) is 0 Å². The quantitative estimate of drug-likeness (QED) is 0.813. The molecule has 0 saturated carbocycles. The lowest BCUT2D eigenvalue weighted by Gasteiger charge is -2.20. The van der Waals surface area contributed by atoms with Crippen LogP contribution in [0.5, 0.6) is 0 Å². The van der Waals surface area contributed by atoms with Crippen LogP contribution in [0.1, 0.15) is 69.5 Å². The van der Waals surface area contributed by atoms with Crippen molar-refractivity contribution in [1.29, 1.82) is 0 Å². The number of furan rings is 1. The minimum atomic E-state index is 0.0892. The molecule has 0 bridgehead atoms. The fraction of sp³-hybridized carbons (Fsp3) is 0.579. The zero-order valence-corrected chi connectivity index (χ0v) is 14.6. The molecule has 1 aromatic heterocycles. The first-order valence-electron chi connectivity index (χ1n) is 8.03. The Morgan fingerprint density at radius 3 is 2.43 bits per heavy atom. The van der Waals surface area contributed by atoms with E-state index in [9.17, 15) is 0 Å². The normalized spacial score (nSPS) is 13.9. The van der Waals surface area contributed by atoms with Crippen molar-refractivity contribution in [3.8, 4) is 0 Å². The Labute approximate surface area is 128 Å². The van der Waals surface area contributed by atoms with Crippen molar-refractivity contribution < 1.29 is 4.42 Å². The van der Waals surface area contributed by atoms with Crippen molar-refractivity contribution >= 4 is 11.0 Å². The summed E-state index contributed by atoms with van der Waals surface area (Å²) in [6, 6.07) is 4.77. The van der Waals surface area contributed by atoms with Crippen LogP contribution >= 0.6 is 0 Å². The van der Waals surface area contributed by atoms with Crippen molar-refractivity contribution in [1.82, 2.24) is 5.32 Å². The molecular formula is C19H29NO. The van der Waals surface area contributed by atoms with E-state index in [1.54, 1.807) is 0 Å². The van der Waals surface area contributed by atoms with Crippen LogP contribution < -0.4 is 5.32 Å². The number of nitrogens with one attached hydrogen (secondary N) is 1. The molecule has 1 aromatic carbocycles. The smallest absolute Gasteiger partial charge is 0.138 e. The number of aryl methyl sites for hydroxylation is 2. The number of hydrogen-bond donors (Lipinski definition) is 1. The summed E-state index contributed by atoms with van der Waals surface area (Å²) in [7, 11) is 0. The second-order valence-electron chi connectivity index (χ2n) is 7.21. The summed E-state index contributed by atoms with van der Waals surface area (Å²) in [5.41, 5.74) is 5.03. The Morgan fingerprint density at radius 2 is 1.86 bits per heavy atom. The average molecular weight is 287 g/mol. The monoisotopic (exact) mass is 287 g/mol. The Kier molecular flexibility index (Phi) is 4.48. The van der Waals surface area contributed by atoms with Gasteiger partial charge in [0.05, 0.1) is 6.04 Å². The molecule has 1 unspecified atom stereocenters. The SMILES string of the molecule is CCCNC(C)c1oc2c(C(C)(C)C)cc(C)cc2c1C. The molecule has 21 heavy (non-hydrogen) atoms. The van der Waals surface area contributed by atoms with Gasteiger partial charge in [-0.05, 0) is 56.3 Å². The molecule has 0 aliphatic rings. The molecule has 0 radical (unpaired) electrons. The summed E-state index contributed by atoms with van der Waals surface area (Å²) < 4.78 is 6.31. The summed E-state index contributed by atoms with van der Waals surface area (Å²) in [6.45, 7) is 16.5. The highest BCUT2D eigenvalue weighted by atomic mass is 16.3.